The maximum Gasteiger partial charge on any atom is 0.341 e. The molecule has 0 aliphatic rings. The van der Waals surface area contributed by atoms with Crippen LogP contribution in [0.5, 0.6) is 0 Å². The molecule has 0 aliphatic heterocycles. The van der Waals surface area contributed by atoms with Crippen LogP contribution in [0.1, 0.15) is 52.6 Å². The Morgan fingerprint density at radius 1 is 1.23 bits per heavy atom. The first-order chi connectivity index (χ1) is 10.2. The minimum Gasteiger partial charge on any atom is -0.329 e. The second kappa shape index (κ2) is 7.94. The average Bonchev–Trinajstić information content (AvgIpc) is 2.43. The highest BCUT2D eigenvalue weighted by Crippen LogP contribution is 2.18. The molecule has 1 unspecified atom stereocenters. The number of amides is 2. The lowest BCUT2D eigenvalue weighted by Crippen LogP contribution is -2.45. The molecular formula is C17H26N2O3. The smallest absolute Gasteiger partial charge is 0.329 e. The summed E-state index contributed by atoms with van der Waals surface area (Å²) >= 11 is 0. The van der Waals surface area contributed by atoms with Crippen molar-refractivity contribution in [1.82, 2.24) is 10.4 Å². The highest BCUT2D eigenvalue weighted by atomic mass is 16.7. The first-order valence-corrected chi connectivity index (χ1v) is 7.54. The monoisotopic (exact) mass is 306 g/mol. The molecule has 1 N–H and O–H groups in total. The zero-order chi connectivity index (χ0) is 16.8. The van der Waals surface area contributed by atoms with Crippen LogP contribution in [0.4, 0.5) is 4.79 Å². The van der Waals surface area contributed by atoms with Gasteiger partial charge in [0.2, 0.25) is 0 Å². The molecule has 0 saturated heterocycles. The van der Waals surface area contributed by atoms with Crippen molar-refractivity contribution < 1.29 is 14.4 Å². The van der Waals surface area contributed by atoms with Gasteiger partial charge in [-0.2, -0.15) is 0 Å². The third-order valence-corrected chi connectivity index (χ3v) is 2.89. The molecular weight excluding hydrogens is 280 g/mol. The number of nitrogens with one attached hydrogen (secondary N) is 1. The minimum atomic E-state index is -0.462. The van der Waals surface area contributed by atoms with Crippen LogP contribution in [-0.2, 0) is 9.63 Å². The number of hydrogen-bond donors (Lipinski definition) is 1. The van der Waals surface area contributed by atoms with E-state index in [2.05, 4.69) is 5.32 Å². The normalized spacial score (nSPS) is 12.6. The molecule has 0 radical (unpaired) electrons. The predicted molar refractivity (Wildman–Crippen MR) is 86.2 cm³/mol. The maximum absolute atomic E-state index is 12.4. The Morgan fingerprint density at radius 2 is 1.82 bits per heavy atom. The van der Waals surface area contributed by atoms with Crippen molar-refractivity contribution >= 4 is 11.8 Å². The van der Waals surface area contributed by atoms with Gasteiger partial charge in [0, 0.05) is 13.0 Å². The van der Waals surface area contributed by atoms with Crippen LogP contribution < -0.4 is 5.32 Å². The molecule has 0 saturated carbocycles. The molecule has 0 aromatic heterocycles. The Bertz CT molecular complexity index is 494. The summed E-state index contributed by atoms with van der Waals surface area (Å²) in [6, 6.07) is 8.77. The molecule has 22 heavy (non-hydrogen) atoms. The van der Waals surface area contributed by atoms with Gasteiger partial charge in [0.1, 0.15) is 5.78 Å². The van der Waals surface area contributed by atoms with Crippen molar-refractivity contribution in [2.24, 2.45) is 0 Å². The van der Waals surface area contributed by atoms with Crippen LogP contribution in [0.25, 0.3) is 0 Å². The highest BCUT2D eigenvalue weighted by Gasteiger charge is 2.24. The van der Waals surface area contributed by atoms with E-state index in [1.54, 1.807) is 0 Å². The van der Waals surface area contributed by atoms with E-state index in [1.165, 1.54) is 12.0 Å². The zero-order valence-electron chi connectivity index (χ0n) is 14.1. The first-order valence-electron chi connectivity index (χ1n) is 7.54. The van der Waals surface area contributed by atoms with E-state index < -0.39 is 5.60 Å². The van der Waals surface area contributed by atoms with Gasteiger partial charge in [-0.1, -0.05) is 30.3 Å². The van der Waals surface area contributed by atoms with Gasteiger partial charge < -0.3 is 5.32 Å². The predicted octanol–water partition coefficient (Wildman–Crippen LogP) is 3.47. The van der Waals surface area contributed by atoms with Crippen LogP contribution in [-0.4, -0.2) is 29.0 Å². The lowest BCUT2D eigenvalue weighted by Gasteiger charge is -2.30. The number of hydrogen-bond acceptors (Lipinski definition) is 3. The second-order valence-corrected chi connectivity index (χ2v) is 6.22. The van der Waals surface area contributed by atoms with Gasteiger partial charge in [-0.3, -0.25) is 9.63 Å². The summed E-state index contributed by atoms with van der Waals surface area (Å²) < 4.78 is 0. The number of urea groups is 1. The van der Waals surface area contributed by atoms with E-state index in [-0.39, 0.29) is 24.3 Å². The maximum atomic E-state index is 12.4. The van der Waals surface area contributed by atoms with Gasteiger partial charge >= 0.3 is 6.03 Å². The molecule has 122 valence electrons. The summed E-state index contributed by atoms with van der Waals surface area (Å²) in [5, 5.41) is 4.17. The summed E-state index contributed by atoms with van der Waals surface area (Å²) in [4.78, 5) is 29.5. The number of rotatable bonds is 6. The minimum absolute atomic E-state index is 0.0222. The SMILES string of the molecule is CCN(OC(C)(C)C)C(=O)NC(CC(C)=O)c1ccccc1. The Balaban J connectivity index is 2.84. The van der Waals surface area contributed by atoms with Crippen molar-refractivity contribution in [3.63, 3.8) is 0 Å². The summed E-state index contributed by atoms with van der Waals surface area (Å²) in [5.41, 5.74) is 0.439. The molecule has 1 aromatic rings. The molecule has 0 aliphatic carbocycles. The number of carbonyl (C=O) groups is 2. The number of nitrogens with zero attached hydrogens (tertiary/aromatic N) is 1. The molecule has 0 heterocycles. The lowest BCUT2D eigenvalue weighted by atomic mass is 10.0. The van der Waals surface area contributed by atoms with Crippen molar-refractivity contribution in [2.75, 3.05) is 6.54 Å². The van der Waals surface area contributed by atoms with E-state index >= 15 is 0 Å². The van der Waals surface area contributed by atoms with Gasteiger partial charge in [-0.15, -0.1) is 0 Å². The Kier molecular flexibility index (Phi) is 6.56. The second-order valence-electron chi connectivity index (χ2n) is 6.22. The van der Waals surface area contributed by atoms with Gasteiger partial charge in [-0.05, 0) is 40.2 Å². The van der Waals surface area contributed by atoms with E-state index in [0.717, 1.165) is 5.56 Å². The Hall–Kier alpha value is -1.88. The van der Waals surface area contributed by atoms with Crippen LogP contribution in [0.15, 0.2) is 30.3 Å². The highest BCUT2D eigenvalue weighted by molar-refractivity contribution is 5.78. The quantitative estimate of drug-likeness (QED) is 0.819. The van der Waals surface area contributed by atoms with Crippen LogP contribution in [0.3, 0.4) is 0 Å². The van der Waals surface area contributed by atoms with Gasteiger partial charge in [0.25, 0.3) is 0 Å². The molecule has 0 spiro atoms. The molecule has 5 nitrogen and oxygen atoms in total. The number of Topliss-reactive ketones (excluding diaryl/α,β-unsaturated/α-hetero) is 1. The van der Waals surface area contributed by atoms with Gasteiger partial charge in [0.15, 0.2) is 0 Å². The summed E-state index contributed by atoms with van der Waals surface area (Å²) in [6.07, 6.45) is 0.253. The fourth-order valence-corrected chi connectivity index (χ4v) is 2.03. The first kappa shape index (κ1) is 18.2. The van der Waals surface area contributed by atoms with Crippen molar-refractivity contribution in [2.45, 2.75) is 52.7 Å². The third kappa shape index (κ3) is 6.26. The Morgan fingerprint density at radius 3 is 2.27 bits per heavy atom. The van der Waals surface area contributed by atoms with E-state index in [0.29, 0.717) is 6.54 Å². The standard InChI is InChI=1S/C17H26N2O3/c1-6-19(22-17(3,4)5)16(21)18-15(12-13(2)20)14-10-8-7-9-11-14/h7-11,15H,6,12H2,1-5H3,(H,18,21). The molecule has 1 rings (SSSR count). The van der Waals surface area contributed by atoms with Crippen LogP contribution in [0.2, 0.25) is 0 Å². The molecule has 5 heteroatoms. The van der Waals surface area contributed by atoms with Crippen LogP contribution in [0, 0.1) is 0 Å². The fraction of sp³-hybridized carbons (Fsp3) is 0.529. The van der Waals surface area contributed by atoms with Gasteiger partial charge in [0.05, 0.1) is 11.6 Å². The number of benzene rings is 1. The van der Waals surface area contributed by atoms with E-state index in [1.807, 2.05) is 58.0 Å². The summed E-state index contributed by atoms with van der Waals surface area (Å²) in [5.74, 6) is 0.0222. The van der Waals surface area contributed by atoms with Crippen molar-refractivity contribution in [3.05, 3.63) is 35.9 Å². The Labute approximate surface area is 132 Å². The number of carbonyl (C=O) groups excluding carboxylic acids is 2. The lowest BCUT2D eigenvalue weighted by molar-refractivity contribution is -0.191. The third-order valence-electron chi connectivity index (χ3n) is 2.89. The van der Waals surface area contributed by atoms with Crippen molar-refractivity contribution in [3.8, 4) is 0 Å². The van der Waals surface area contributed by atoms with Gasteiger partial charge in [-0.25, -0.2) is 9.86 Å². The molecule has 1 atom stereocenters. The summed E-state index contributed by atoms with van der Waals surface area (Å²) in [7, 11) is 0. The average molecular weight is 306 g/mol. The molecule has 0 fully saturated rings. The zero-order valence-corrected chi connectivity index (χ0v) is 14.1. The van der Waals surface area contributed by atoms with Crippen LogP contribution >= 0.6 is 0 Å². The van der Waals surface area contributed by atoms with E-state index in [9.17, 15) is 9.59 Å². The fourth-order valence-electron chi connectivity index (χ4n) is 2.03. The molecule has 1 aromatic carbocycles. The molecule has 2 amide bonds. The number of ketones is 1. The number of hydroxylamine groups is 2. The van der Waals surface area contributed by atoms with E-state index in [4.69, 9.17) is 4.84 Å². The van der Waals surface area contributed by atoms with Crippen molar-refractivity contribution in [1.29, 1.82) is 0 Å². The largest absolute Gasteiger partial charge is 0.341 e. The summed E-state index contributed by atoms with van der Waals surface area (Å²) in [6.45, 7) is 9.43. The topological polar surface area (TPSA) is 58.6 Å². The molecule has 0 bridgehead atoms.